The number of carbonyl (C=O) groups is 1. The number of ketones is 1. The first-order valence-corrected chi connectivity index (χ1v) is 4.05. The molecule has 0 amide bonds. The molecular formula is C10H17NO. The maximum atomic E-state index is 11.2. The van der Waals surface area contributed by atoms with E-state index in [0.717, 1.165) is 6.42 Å². The third-order valence-electron chi connectivity index (χ3n) is 2.00. The van der Waals surface area contributed by atoms with Crippen LogP contribution >= 0.6 is 0 Å². The second-order valence-electron chi connectivity index (χ2n) is 2.94. The molecule has 2 nitrogen and oxygen atoms in total. The van der Waals surface area contributed by atoms with Crippen molar-refractivity contribution in [2.75, 3.05) is 7.05 Å². The lowest BCUT2D eigenvalue weighted by Crippen LogP contribution is -2.44. The van der Waals surface area contributed by atoms with Crippen molar-refractivity contribution in [1.82, 2.24) is 5.32 Å². The smallest absolute Gasteiger partial charge is 0.153 e. The minimum Gasteiger partial charge on any atom is -0.305 e. The second-order valence-corrected chi connectivity index (χ2v) is 2.94. The van der Waals surface area contributed by atoms with Crippen LogP contribution in [0.3, 0.4) is 0 Å². The fraction of sp³-hybridized carbons (Fsp3) is 0.500. The molecule has 0 saturated heterocycles. The van der Waals surface area contributed by atoms with Crippen molar-refractivity contribution in [3.63, 3.8) is 0 Å². The van der Waals surface area contributed by atoms with Gasteiger partial charge in [-0.2, -0.15) is 0 Å². The van der Waals surface area contributed by atoms with Crippen LogP contribution in [0.25, 0.3) is 0 Å². The van der Waals surface area contributed by atoms with Crippen molar-refractivity contribution in [3.05, 3.63) is 24.8 Å². The summed E-state index contributed by atoms with van der Waals surface area (Å²) in [4.78, 5) is 11.2. The van der Waals surface area contributed by atoms with Crippen LogP contribution < -0.4 is 5.32 Å². The lowest BCUT2D eigenvalue weighted by atomic mass is 9.97. The Morgan fingerprint density at radius 3 is 2.58 bits per heavy atom. The first-order valence-electron chi connectivity index (χ1n) is 4.05. The molecule has 0 fully saturated rings. The van der Waals surface area contributed by atoms with Crippen molar-refractivity contribution >= 4 is 5.78 Å². The van der Waals surface area contributed by atoms with Gasteiger partial charge < -0.3 is 5.32 Å². The van der Waals surface area contributed by atoms with Crippen molar-refractivity contribution < 1.29 is 4.79 Å². The summed E-state index contributed by atoms with van der Waals surface area (Å²) < 4.78 is 0. The van der Waals surface area contributed by atoms with Crippen LogP contribution in [0.4, 0.5) is 0 Å². The topological polar surface area (TPSA) is 29.1 Å². The largest absolute Gasteiger partial charge is 0.305 e. The van der Waals surface area contributed by atoms with Gasteiger partial charge in [0.15, 0.2) is 5.78 Å². The molecule has 0 rings (SSSR count). The van der Waals surface area contributed by atoms with E-state index in [2.05, 4.69) is 11.9 Å². The van der Waals surface area contributed by atoms with E-state index in [-0.39, 0.29) is 5.78 Å². The summed E-state index contributed by atoms with van der Waals surface area (Å²) in [5.41, 5.74) is -0.525. The Morgan fingerprint density at radius 2 is 2.25 bits per heavy atom. The third-order valence-corrected chi connectivity index (χ3v) is 2.00. The Balaban J connectivity index is 4.32. The Hall–Kier alpha value is -0.890. The molecule has 1 unspecified atom stereocenters. The molecule has 68 valence electrons. The highest BCUT2D eigenvalue weighted by Gasteiger charge is 2.23. The predicted octanol–water partition coefficient (Wildman–Crippen LogP) is 1.69. The van der Waals surface area contributed by atoms with E-state index in [0.29, 0.717) is 0 Å². The Bertz CT molecular complexity index is 196. The lowest BCUT2D eigenvalue weighted by Gasteiger charge is -2.21. The minimum atomic E-state index is -0.525. The van der Waals surface area contributed by atoms with Gasteiger partial charge in [-0.05, 0) is 27.3 Å². The number of nitrogens with one attached hydrogen (secondary N) is 1. The molecule has 12 heavy (non-hydrogen) atoms. The highest BCUT2D eigenvalue weighted by Crippen LogP contribution is 2.06. The van der Waals surface area contributed by atoms with Gasteiger partial charge in [-0.3, -0.25) is 4.79 Å². The van der Waals surface area contributed by atoms with E-state index in [9.17, 15) is 4.79 Å². The van der Waals surface area contributed by atoms with E-state index in [4.69, 9.17) is 0 Å². The molecule has 0 bridgehead atoms. The molecule has 0 aliphatic carbocycles. The summed E-state index contributed by atoms with van der Waals surface area (Å²) >= 11 is 0. The molecule has 0 aromatic heterocycles. The highest BCUT2D eigenvalue weighted by molar-refractivity contribution is 5.87. The normalized spacial score (nSPS) is 15.9. The van der Waals surface area contributed by atoms with Gasteiger partial charge in [-0.25, -0.2) is 0 Å². The predicted molar refractivity (Wildman–Crippen MR) is 52.1 cm³/mol. The Morgan fingerprint density at radius 1 is 1.67 bits per heavy atom. The lowest BCUT2D eigenvalue weighted by molar-refractivity contribution is -0.120. The summed E-state index contributed by atoms with van der Waals surface area (Å²) in [6.45, 7) is 7.03. The molecular weight excluding hydrogens is 150 g/mol. The Kier molecular flexibility index (Phi) is 4.52. The van der Waals surface area contributed by atoms with Crippen molar-refractivity contribution in [1.29, 1.82) is 0 Å². The summed E-state index contributed by atoms with van der Waals surface area (Å²) in [5, 5.41) is 2.97. The van der Waals surface area contributed by atoms with Crippen molar-refractivity contribution in [3.8, 4) is 0 Å². The third kappa shape index (κ3) is 3.01. The maximum absolute atomic E-state index is 11.2. The van der Waals surface area contributed by atoms with Crippen molar-refractivity contribution in [2.45, 2.75) is 25.8 Å². The number of hydrogen-bond acceptors (Lipinski definition) is 2. The van der Waals surface area contributed by atoms with Gasteiger partial charge in [-0.15, -0.1) is 6.58 Å². The number of Topliss-reactive ketones (excluding diaryl/α,β-unsaturated/α-hetero) is 1. The molecule has 0 spiro atoms. The van der Waals surface area contributed by atoms with E-state index in [1.165, 1.54) is 0 Å². The van der Waals surface area contributed by atoms with Crippen molar-refractivity contribution in [2.24, 2.45) is 0 Å². The van der Waals surface area contributed by atoms with Crippen LogP contribution in [0.15, 0.2) is 24.8 Å². The van der Waals surface area contributed by atoms with Crippen LogP contribution in [0.1, 0.15) is 20.3 Å². The molecule has 0 aromatic carbocycles. The van der Waals surface area contributed by atoms with Gasteiger partial charge in [0, 0.05) is 0 Å². The van der Waals surface area contributed by atoms with E-state index >= 15 is 0 Å². The molecule has 2 heteroatoms. The molecule has 0 aromatic rings. The van der Waals surface area contributed by atoms with E-state index in [1.807, 2.05) is 19.1 Å². The van der Waals surface area contributed by atoms with Gasteiger partial charge in [-0.1, -0.05) is 18.2 Å². The first-order chi connectivity index (χ1) is 5.56. The van der Waals surface area contributed by atoms with Crippen LogP contribution in [0, 0.1) is 0 Å². The average molecular weight is 167 g/mol. The quantitative estimate of drug-likeness (QED) is 0.631. The summed E-state index contributed by atoms with van der Waals surface area (Å²) in [6, 6.07) is 0. The van der Waals surface area contributed by atoms with Gasteiger partial charge in [0.2, 0.25) is 0 Å². The second kappa shape index (κ2) is 4.88. The van der Waals surface area contributed by atoms with Crippen LogP contribution in [-0.2, 0) is 4.79 Å². The first kappa shape index (κ1) is 11.1. The molecule has 1 N–H and O–H groups in total. The molecule has 0 radical (unpaired) electrons. The van der Waals surface area contributed by atoms with Crippen LogP contribution in [-0.4, -0.2) is 18.4 Å². The zero-order valence-electron chi connectivity index (χ0n) is 8.05. The fourth-order valence-electron chi connectivity index (χ4n) is 0.777. The zero-order chi connectivity index (χ0) is 9.61. The Labute approximate surface area is 74.4 Å². The standard InChI is InChI=1S/C10H17NO/c1-5-6-7-8-10(3,11-4)9(2)12/h5,7-8,11H,1,6H2,2-4H3/b8-7+. The molecule has 0 heterocycles. The van der Waals surface area contributed by atoms with Crippen LogP contribution in [0.5, 0.6) is 0 Å². The molecule has 0 saturated carbocycles. The van der Waals surface area contributed by atoms with Gasteiger partial charge in [0.25, 0.3) is 0 Å². The van der Waals surface area contributed by atoms with E-state index in [1.54, 1.807) is 20.0 Å². The van der Waals surface area contributed by atoms with E-state index < -0.39 is 5.54 Å². The molecule has 1 atom stereocenters. The number of hydrogen-bond donors (Lipinski definition) is 1. The summed E-state index contributed by atoms with van der Waals surface area (Å²) in [6.07, 6.45) is 6.40. The zero-order valence-corrected chi connectivity index (χ0v) is 8.05. The SMILES string of the molecule is C=CC/C=C/C(C)(NC)C(C)=O. The number of carbonyl (C=O) groups excluding carboxylic acids is 1. The van der Waals surface area contributed by atoms with Gasteiger partial charge in [0.05, 0.1) is 5.54 Å². The average Bonchev–Trinajstić information content (AvgIpc) is 2.04. The summed E-state index contributed by atoms with van der Waals surface area (Å²) in [5.74, 6) is 0.116. The maximum Gasteiger partial charge on any atom is 0.153 e. The molecule has 0 aliphatic rings. The molecule has 0 aliphatic heterocycles. The highest BCUT2D eigenvalue weighted by atomic mass is 16.1. The minimum absolute atomic E-state index is 0.116. The summed E-state index contributed by atoms with van der Waals surface area (Å²) in [7, 11) is 1.78. The number of rotatable bonds is 5. The number of likely N-dealkylation sites (N-methyl/N-ethyl adjacent to an activating group) is 1. The fourth-order valence-corrected chi connectivity index (χ4v) is 0.777. The monoisotopic (exact) mass is 167 g/mol. The number of allylic oxidation sites excluding steroid dienone is 2. The van der Waals surface area contributed by atoms with Crippen LogP contribution in [0.2, 0.25) is 0 Å². The van der Waals surface area contributed by atoms with Gasteiger partial charge in [0.1, 0.15) is 0 Å². The van der Waals surface area contributed by atoms with Gasteiger partial charge >= 0.3 is 0 Å².